The van der Waals surface area contributed by atoms with Crippen LogP contribution >= 0.6 is 0 Å². The minimum Gasteiger partial charge on any atom is -0.378 e. The number of benzene rings is 3. The zero-order chi connectivity index (χ0) is 23.5. The lowest BCUT2D eigenvalue weighted by atomic mass is 10.1. The van der Waals surface area contributed by atoms with Crippen molar-refractivity contribution >= 4 is 22.4 Å². The smallest absolute Gasteiger partial charge is 0.279 e. The molecule has 1 aromatic heterocycles. The van der Waals surface area contributed by atoms with Crippen LogP contribution in [-0.2, 0) is 11.3 Å². The van der Waals surface area contributed by atoms with Gasteiger partial charge in [-0.15, -0.1) is 0 Å². The third kappa shape index (κ3) is 4.30. The van der Waals surface area contributed by atoms with Crippen LogP contribution in [0.4, 0.5) is 5.69 Å². The van der Waals surface area contributed by atoms with Gasteiger partial charge in [-0.05, 0) is 35.9 Å². The van der Waals surface area contributed by atoms with Crippen molar-refractivity contribution in [1.29, 1.82) is 0 Å². The molecule has 0 spiro atoms. The Morgan fingerprint density at radius 1 is 0.882 bits per heavy atom. The summed E-state index contributed by atoms with van der Waals surface area (Å²) in [6.45, 7) is 3.68. The fourth-order valence-electron chi connectivity index (χ4n) is 4.25. The Kier molecular flexibility index (Phi) is 6.10. The first-order chi connectivity index (χ1) is 16.6. The number of hydrogen-bond donors (Lipinski definition) is 0. The van der Waals surface area contributed by atoms with Crippen LogP contribution in [0.3, 0.4) is 0 Å². The first-order valence-corrected chi connectivity index (χ1v) is 11.4. The second-order valence-corrected chi connectivity index (χ2v) is 8.37. The fourth-order valence-corrected chi connectivity index (χ4v) is 4.25. The van der Waals surface area contributed by atoms with Gasteiger partial charge in [-0.1, -0.05) is 48.5 Å². The minimum absolute atomic E-state index is 0.238. The molecule has 7 heteroatoms. The van der Waals surface area contributed by atoms with E-state index in [0.717, 1.165) is 37.6 Å². The van der Waals surface area contributed by atoms with Crippen molar-refractivity contribution in [3.05, 3.63) is 100 Å². The summed E-state index contributed by atoms with van der Waals surface area (Å²) in [6.07, 6.45) is 0. The fraction of sp³-hybridized carbons (Fsp3) is 0.222. The number of carbonyl (C=O) groups excluding carboxylic acids is 1. The molecule has 1 fully saturated rings. The minimum atomic E-state index is -0.250. The van der Waals surface area contributed by atoms with Crippen molar-refractivity contribution in [3.63, 3.8) is 0 Å². The molecule has 0 N–H and O–H groups in total. The Labute approximate surface area is 197 Å². The van der Waals surface area contributed by atoms with E-state index in [4.69, 9.17) is 4.74 Å². The lowest BCUT2D eigenvalue weighted by Gasteiger charge is -2.29. The highest BCUT2D eigenvalue weighted by Gasteiger charge is 2.21. The molecule has 0 aliphatic carbocycles. The second kappa shape index (κ2) is 9.49. The number of nitrogens with zero attached hydrogens (tertiary/aromatic N) is 4. The molecule has 7 nitrogen and oxygen atoms in total. The van der Waals surface area contributed by atoms with Crippen molar-refractivity contribution in [2.45, 2.75) is 6.54 Å². The van der Waals surface area contributed by atoms with Gasteiger partial charge in [-0.25, -0.2) is 0 Å². The standard InChI is InChI=1S/C27H26N4O3/c1-29(19-20-11-13-21(14-12-20)30-15-17-34-18-16-30)27(33)25-23-9-5-6-10-24(23)26(32)31(28-25)22-7-3-2-4-8-22/h2-14H,15-19H2,1H3. The molecular formula is C27H26N4O3. The van der Waals surface area contributed by atoms with Crippen LogP contribution in [0, 0.1) is 0 Å². The maximum Gasteiger partial charge on any atom is 0.279 e. The molecule has 1 aliphatic heterocycles. The van der Waals surface area contributed by atoms with Crippen LogP contribution in [0.2, 0.25) is 0 Å². The van der Waals surface area contributed by atoms with Crippen LogP contribution < -0.4 is 10.5 Å². The highest BCUT2D eigenvalue weighted by molar-refractivity contribution is 6.04. The third-order valence-corrected chi connectivity index (χ3v) is 6.09. The number of hydrogen-bond acceptors (Lipinski definition) is 5. The first-order valence-electron chi connectivity index (χ1n) is 11.4. The Balaban J connectivity index is 1.43. The lowest BCUT2D eigenvalue weighted by Crippen LogP contribution is -2.36. The predicted octanol–water partition coefficient (Wildman–Crippen LogP) is 3.49. The maximum atomic E-state index is 13.5. The summed E-state index contributed by atoms with van der Waals surface area (Å²) in [7, 11) is 1.76. The number of carbonyl (C=O) groups is 1. The summed E-state index contributed by atoms with van der Waals surface area (Å²) in [5, 5.41) is 5.52. The number of aromatic nitrogens is 2. The second-order valence-electron chi connectivity index (χ2n) is 8.37. The van der Waals surface area contributed by atoms with Gasteiger partial charge in [-0.2, -0.15) is 9.78 Å². The van der Waals surface area contributed by atoms with Gasteiger partial charge in [0, 0.05) is 37.8 Å². The molecule has 0 unspecified atom stereocenters. The van der Waals surface area contributed by atoms with Crippen molar-refractivity contribution in [2.75, 3.05) is 38.3 Å². The molecule has 34 heavy (non-hydrogen) atoms. The molecule has 5 rings (SSSR count). The van der Waals surface area contributed by atoms with Gasteiger partial charge in [0.25, 0.3) is 11.5 Å². The van der Waals surface area contributed by atoms with E-state index in [1.165, 1.54) is 4.68 Å². The molecular weight excluding hydrogens is 428 g/mol. The molecule has 172 valence electrons. The van der Waals surface area contributed by atoms with E-state index in [1.807, 2.05) is 36.4 Å². The molecule has 0 radical (unpaired) electrons. The van der Waals surface area contributed by atoms with Crippen molar-refractivity contribution in [3.8, 4) is 5.69 Å². The Morgan fingerprint density at radius 3 is 2.24 bits per heavy atom. The van der Waals surface area contributed by atoms with Crippen molar-refractivity contribution in [2.24, 2.45) is 0 Å². The topological polar surface area (TPSA) is 67.7 Å². The highest BCUT2D eigenvalue weighted by Crippen LogP contribution is 2.20. The highest BCUT2D eigenvalue weighted by atomic mass is 16.5. The van der Waals surface area contributed by atoms with Crippen molar-refractivity contribution < 1.29 is 9.53 Å². The van der Waals surface area contributed by atoms with E-state index in [-0.39, 0.29) is 17.2 Å². The van der Waals surface area contributed by atoms with Gasteiger partial charge in [0.1, 0.15) is 0 Å². The van der Waals surface area contributed by atoms with Gasteiger partial charge in [0.15, 0.2) is 5.69 Å². The molecule has 4 aromatic rings. The zero-order valence-corrected chi connectivity index (χ0v) is 19.1. The van der Waals surface area contributed by atoms with Gasteiger partial charge in [0.05, 0.1) is 24.3 Å². The predicted molar refractivity (Wildman–Crippen MR) is 133 cm³/mol. The number of amides is 1. The van der Waals surface area contributed by atoms with Crippen molar-refractivity contribution in [1.82, 2.24) is 14.7 Å². The van der Waals surface area contributed by atoms with E-state index in [0.29, 0.717) is 23.0 Å². The number of morpholine rings is 1. The van der Waals surface area contributed by atoms with Crippen LogP contribution in [0.25, 0.3) is 16.5 Å². The largest absolute Gasteiger partial charge is 0.378 e. The molecule has 3 aromatic carbocycles. The van der Waals surface area contributed by atoms with Gasteiger partial charge in [-0.3, -0.25) is 9.59 Å². The molecule has 1 saturated heterocycles. The summed E-state index contributed by atoms with van der Waals surface area (Å²) >= 11 is 0. The average Bonchev–Trinajstić information content (AvgIpc) is 2.90. The van der Waals surface area contributed by atoms with E-state index >= 15 is 0 Å². The lowest BCUT2D eigenvalue weighted by molar-refractivity contribution is 0.0779. The van der Waals surface area contributed by atoms with Crippen LogP contribution in [0.1, 0.15) is 16.1 Å². The monoisotopic (exact) mass is 454 g/mol. The molecule has 2 heterocycles. The first kappa shape index (κ1) is 21.9. The summed E-state index contributed by atoms with van der Waals surface area (Å²) in [5.74, 6) is -0.238. The SMILES string of the molecule is CN(Cc1ccc(N2CCOCC2)cc1)C(=O)c1nn(-c2ccccc2)c(=O)c2ccccc12. The number of para-hydroxylation sites is 1. The van der Waals surface area contributed by atoms with E-state index in [2.05, 4.69) is 22.1 Å². The Bertz CT molecular complexity index is 1360. The summed E-state index contributed by atoms with van der Waals surface area (Å²) < 4.78 is 6.73. The zero-order valence-electron chi connectivity index (χ0n) is 19.1. The average molecular weight is 455 g/mol. The number of ether oxygens (including phenoxy) is 1. The van der Waals surface area contributed by atoms with Gasteiger partial charge < -0.3 is 14.5 Å². The van der Waals surface area contributed by atoms with E-state index < -0.39 is 0 Å². The quantitative estimate of drug-likeness (QED) is 0.462. The summed E-state index contributed by atoms with van der Waals surface area (Å²) in [5.41, 5.74) is 2.80. The van der Waals surface area contributed by atoms with Crippen LogP contribution in [0.15, 0.2) is 83.7 Å². The van der Waals surface area contributed by atoms with Gasteiger partial charge >= 0.3 is 0 Å². The summed E-state index contributed by atoms with van der Waals surface area (Å²) in [4.78, 5) is 30.5. The van der Waals surface area contributed by atoms with Gasteiger partial charge in [0.2, 0.25) is 0 Å². The van der Waals surface area contributed by atoms with E-state index in [9.17, 15) is 9.59 Å². The molecule has 0 saturated carbocycles. The number of rotatable bonds is 5. The summed E-state index contributed by atoms with van der Waals surface area (Å²) in [6, 6.07) is 24.6. The van der Waals surface area contributed by atoms with Crippen LogP contribution in [-0.4, -0.2) is 53.9 Å². The van der Waals surface area contributed by atoms with E-state index in [1.54, 1.807) is 42.3 Å². The molecule has 0 atom stereocenters. The van der Waals surface area contributed by atoms with Crippen LogP contribution in [0.5, 0.6) is 0 Å². The normalized spacial score (nSPS) is 13.7. The molecule has 0 bridgehead atoms. The number of anilines is 1. The Hall–Kier alpha value is -3.97. The maximum absolute atomic E-state index is 13.5. The molecule has 1 aliphatic rings. The molecule has 1 amide bonds. The third-order valence-electron chi connectivity index (χ3n) is 6.09. The number of fused-ring (bicyclic) bond motifs is 1. The Morgan fingerprint density at radius 2 is 1.53 bits per heavy atom.